The summed E-state index contributed by atoms with van der Waals surface area (Å²) in [6, 6.07) is 5.32. The third-order valence-corrected chi connectivity index (χ3v) is 2.88. The topological polar surface area (TPSA) is 96.7 Å². The number of hydrogen-bond acceptors (Lipinski definition) is 4. The molecule has 0 atom stereocenters. The van der Waals surface area contributed by atoms with Gasteiger partial charge in [0.25, 0.3) is 5.91 Å². The first-order chi connectivity index (χ1) is 9.16. The molecule has 6 heteroatoms. The molecule has 6 nitrogen and oxygen atoms in total. The van der Waals surface area contributed by atoms with E-state index in [2.05, 4.69) is 20.5 Å². The Morgan fingerprint density at radius 2 is 2.32 bits per heavy atom. The van der Waals surface area contributed by atoms with Gasteiger partial charge in [-0.05, 0) is 31.0 Å². The lowest BCUT2D eigenvalue weighted by Gasteiger charge is -2.06. The summed E-state index contributed by atoms with van der Waals surface area (Å²) in [4.78, 5) is 15.9. The lowest BCUT2D eigenvalue weighted by molar-refractivity contribution is 0.0953. The Morgan fingerprint density at radius 1 is 1.47 bits per heavy atom. The van der Waals surface area contributed by atoms with Crippen LogP contribution in [0.2, 0.25) is 0 Å². The van der Waals surface area contributed by atoms with Crippen LogP contribution in [0, 0.1) is 6.92 Å². The zero-order valence-electron chi connectivity index (χ0n) is 10.8. The Balaban J connectivity index is 1.79. The molecular weight excluding hydrogens is 242 g/mol. The zero-order valence-corrected chi connectivity index (χ0v) is 10.8. The summed E-state index contributed by atoms with van der Waals surface area (Å²) < 4.78 is 0. The van der Waals surface area contributed by atoms with Crippen LogP contribution in [-0.2, 0) is 6.42 Å². The van der Waals surface area contributed by atoms with Crippen LogP contribution in [0.1, 0.15) is 28.2 Å². The van der Waals surface area contributed by atoms with Gasteiger partial charge in [0.2, 0.25) is 0 Å². The Kier molecular flexibility index (Phi) is 4.12. The van der Waals surface area contributed by atoms with Gasteiger partial charge in [-0.3, -0.25) is 9.89 Å². The maximum Gasteiger partial charge on any atom is 0.251 e. The highest BCUT2D eigenvalue weighted by Crippen LogP contribution is 2.12. The molecule has 1 aromatic carbocycles. The quantitative estimate of drug-likeness (QED) is 0.552. The monoisotopic (exact) mass is 259 g/mol. The predicted molar refractivity (Wildman–Crippen MR) is 72.6 cm³/mol. The zero-order chi connectivity index (χ0) is 13.7. The Bertz CT molecular complexity index is 550. The number of benzene rings is 1. The van der Waals surface area contributed by atoms with Gasteiger partial charge in [-0.2, -0.15) is 5.10 Å². The fourth-order valence-electron chi connectivity index (χ4n) is 1.69. The van der Waals surface area contributed by atoms with Gasteiger partial charge in [0.15, 0.2) is 0 Å². The lowest BCUT2D eigenvalue weighted by Crippen LogP contribution is -2.25. The number of aryl methyl sites for hydroxylation is 2. The van der Waals surface area contributed by atoms with E-state index in [-0.39, 0.29) is 5.91 Å². The van der Waals surface area contributed by atoms with E-state index >= 15 is 0 Å². The summed E-state index contributed by atoms with van der Waals surface area (Å²) >= 11 is 0. The minimum atomic E-state index is -0.107. The molecule has 0 saturated carbocycles. The second-order valence-corrected chi connectivity index (χ2v) is 4.36. The first kappa shape index (κ1) is 13.1. The number of carbonyl (C=O) groups is 1. The number of aromatic nitrogens is 3. The maximum absolute atomic E-state index is 11.9. The van der Waals surface area contributed by atoms with Crippen molar-refractivity contribution in [2.75, 3.05) is 12.3 Å². The van der Waals surface area contributed by atoms with Crippen LogP contribution in [0.3, 0.4) is 0 Å². The minimum Gasteiger partial charge on any atom is -0.398 e. The number of nitrogens with one attached hydrogen (secondary N) is 2. The SMILES string of the molecule is Cc1ccc(C(=O)NCCCc2ncn[nH]2)cc1N. The molecule has 0 aliphatic carbocycles. The maximum atomic E-state index is 11.9. The van der Waals surface area contributed by atoms with Crippen LogP contribution in [-0.4, -0.2) is 27.6 Å². The molecule has 0 spiro atoms. The summed E-state index contributed by atoms with van der Waals surface area (Å²) in [6.45, 7) is 2.50. The van der Waals surface area contributed by atoms with E-state index in [9.17, 15) is 4.79 Å². The Hall–Kier alpha value is -2.37. The van der Waals surface area contributed by atoms with E-state index in [4.69, 9.17) is 5.73 Å². The number of nitrogens with two attached hydrogens (primary N) is 1. The van der Waals surface area contributed by atoms with Crippen molar-refractivity contribution in [3.63, 3.8) is 0 Å². The molecular formula is C13H17N5O. The van der Waals surface area contributed by atoms with E-state index in [1.807, 2.05) is 13.0 Å². The highest BCUT2D eigenvalue weighted by Gasteiger charge is 2.06. The van der Waals surface area contributed by atoms with E-state index in [1.165, 1.54) is 6.33 Å². The van der Waals surface area contributed by atoms with Crippen LogP contribution in [0.4, 0.5) is 5.69 Å². The third-order valence-electron chi connectivity index (χ3n) is 2.88. The minimum absolute atomic E-state index is 0.107. The smallest absolute Gasteiger partial charge is 0.251 e. The summed E-state index contributed by atoms with van der Waals surface area (Å²) in [7, 11) is 0. The van der Waals surface area contributed by atoms with Crippen molar-refractivity contribution in [1.29, 1.82) is 0 Å². The molecule has 0 unspecified atom stereocenters. The second-order valence-electron chi connectivity index (χ2n) is 4.36. The van der Waals surface area contributed by atoms with E-state index < -0.39 is 0 Å². The molecule has 19 heavy (non-hydrogen) atoms. The van der Waals surface area contributed by atoms with Crippen molar-refractivity contribution in [1.82, 2.24) is 20.5 Å². The number of amides is 1. The molecule has 1 amide bonds. The van der Waals surface area contributed by atoms with Crippen molar-refractivity contribution in [2.24, 2.45) is 0 Å². The number of anilines is 1. The average Bonchev–Trinajstić information content (AvgIpc) is 2.91. The molecule has 2 aromatic rings. The number of nitrogen functional groups attached to an aromatic ring is 1. The van der Waals surface area contributed by atoms with Gasteiger partial charge in [0, 0.05) is 24.2 Å². The summed E-state index contributed by atoms with van der Waals surface area (Å²) in [5.74, 6) is 0.720. The van der Waals surface area contributed by atoms with Gasteiger partial charge in [0.05, 0.1) is 0 Å². The molecule has 0 saturated heterocycles. The first-order valence-electron chi connectivity index (χ1n) is 6.15. The van der Waals surface area contributed by atoms with Gasteiger partial charge in [0.1, 0.15) is 12.2 Å². The van der Waals surface area contributed by atoms with Gasteiger partial charge in [-0.1, -0.05) is 6.07 Å². The molecule has 0 aliphatic heterocycles. The lowest BCUT2D eigenvalue weighted by atomic mass is 10.1. The summed E-state index contributed by atoms with van der Waals surface area (Å²) in [5, 5.41) is 9.40. The number of nitrogens with zero attached hydrogens (tertiary/aromatic N) is 2. The molecule has 0 aliphatic rings. The van der Waals surface area contributed by atoms with Gasteiger partial charge in [-0.15, -0.1) is 0 Å². The normalized spacial score (nSPS) is 10.4. The molecule has 1 heterocycles. The Morgan fingerprint density at radius 3 is 3.00 bits per heavy atom. The highest BCUT2D eigenvalue weighted by molar-refractivity contribution is 5.95. The fraction of sp³-hybridized carbons (Fsp3) is 0.308. The van der Waals surface area contributed by atoms with Gasteiger partial charge < -0.3 is 11.1 Å². The molecule has 0 fully saturated rings. The van der Waals surface area contributed by atoms with Crippen LogP contribution in [0.25, 0.3) is 0 Å². The first-order valence-corrected chi connectivity index (χ1v) is 6.15. The second kappa shape index (κ2) is 5.99. The molecule has 2 rings (SSSR count). The van der Waals surface area contributed by atoms with Crippen molar-refractivity contribution in [3.05, 3.63) is 41.5 Å². The largest absolute Gasteiger partial charge is 0.398 e. The van der Waals surface area contributed by atoms with Crippen molar-refractivity contribution < 1.29 is 4.79 Å². The average molecular weight is 259 g/mol. The van der Waals surface area contributed by atoms with E-state index in [1.54, 1.807) is 12.1 Å². The van der Waals surface area contributed by atoms with Crippen molar-refractivity contribution in [2.45, 2.75) is 19.8 Å². The van der Waals surface area contributed by atoms with E-state index in [0.717, 1.165) is 24.2 Å². The fourth-order valence-corrected chi connectivity index (χ4v) is 1.69. The predicted octanol–water partition coefficient (Wildman–Crippen LogP) is 1.06. The number of H-pyrrole nitrogens is 1. The van der Waals surface area contributed by atoms with Gasteiger partial charge >= 0.3 is 0 Å². The van der Waals surface area contributed by atoms with Crippen molar-refractivity contribution >= 4 is 11.6 Å². The third kappa shape index (κ3) is 3.54. The van der Waals surface area contributed by atoms with Crippen molar-refractivity contribution in [3.8, 4) is 0 Å². The molecule has 4 N–H and O–H groups in total. The van der Waals surface area contributed by atoms with Crippen LogP contribution in [0.15, 0.2) is 24.5 Å². The molecule has 0 bridgehead atoms. The number of rotatable bonds is 5. The Labute approximate surface area is 111 Å². The summed E-state index contributed by atoms with van der Waals surface area (Å²) in [6.07, 6.45) is 3.04. The van der Waals surface area contributed by atoms with Crippen LogP contribution >= 0.6 is 0 Å². The van der Waals surface area contributed by atoms with E-state index in [0.29, 0.717) is 17.8 Å². The standard InChI is InChI=1S/C13H17N5O/c1-9-4-5-10(7-11(9)14)13(19)15-6-2-3-12-16-8-17-18-12/h4-5,7-8H,2-3,6,14H2,1H3,(H,15,19)(H,16,17,18). The number of hydrogen-bond donors (Lipinski definition) is 3. The number of aromatic amines is 1. The van der Waals surface area contributed by atoms with Crippen LogP contribution in [0.5, 0.6) is 0 Å². The summed E-state index contributed by atoms with van der Waals surface area (Å²) in [5.41, 5.74) is 7.97. The molecule has 100 valence electrons. The molecule has 1 aromatic heterocycles. The van der Waals surface area contributed by atoms with Gasteiger partial charge in [-0.25, -0.2) is 4.98 Å². The highest BCUT2D eigenvalue weighted by atomic mass is 16.1. The molecule has 0 radical (unpaired) electrons. The van der Waals surface area contributed by atoms with Crippen LogP contribution < -0.4 is 11.1 Å². The number of carbonyl (C=O) groups excluding carboxylic acids is 1.